The van der Waals surface area contributed by atoms with Crippen LogP contribution in [0.5, 0.6) is 0 Å². The van der Waals surface area contributed by atoms with E-state index in [1.807, 2.05) is 42.6 Å². The highest BCUT2D eigenvalue weighted by atomic mass is 32.1. The molecule has 0 saturated heterocycles. The maximum absolute atomic E-state index is 13.4. The number of hydrogen-bond acceptors (Lipinski definition) is 6. The fourth-order valence-corrected chi connectivity index (χ4v) is 3.81. The summed E-state index contributed by atoms with van der Waals surface area (Å²) in [6.45, 7) is 4.05. The molecule has 0 atom stereocenters. The predicted octanol–water partition coefficient (Wildman–Crippen LogP) is 4.94. The lowest BCUT2D eigenvalue weighted by Crippen LogP contribution is -2.14. The van der Waals surface area contributed by atoms with E-state index in [1.165, 1.54) is 23.5 Å². The topological polar surface area (TPSA) is 78.3 Å². The smallest absolute Gasteiger partial charge is 0.295 e. The van der Waals surface area contributed by atoms with Crippen LogP contribution in [0, 0.1) is 5.82 Å². The van der Waals surface area contributed by atoms with E-state index >= 15 is 0 Å². The molecule has 1 amide bonds. The Bertz CT molecular complexity index is 1190. The number of hydrogen-bond donors (Lipinski definition) is 1. The summed E-state index contributed by atoms with van der Waals surface area (Å²) in [5.74, 6) is -0.265. The summed E-state index contributed by atoms with van der Waals surface area (Å²) in [5.41, 5.74) is 2.15. The first-order valence-corrected chi connectivity index (χ1v) is 11.3. The largest absolute Gasteiger partial charge is 0.379 e. The number of rotatable bonds is 10. The van der Waals surface area contributed by atoms with E-state index in [0.29, 0.717) is 43.6 Å². The van der Waals surface area contributed by atoms with Crippen molar-refractivity contribution < 1.29 is 18.7 Å². The van der Waals surface area contributed by atoms with E-state index in [1.54, 1.807) is 22.9 Å². The van der Waals surface area contributed by atoms with Crippen LogP contribution < -0.4 is 5.32 Å². The number of benzene rings is 2. The van der Waals surface area contributed by atoms with Crippen molar-refractivity contribution in [3.05, 3.63) is 83.2 Å². The quantitative estimate of drug-likeness (QED) is 0.335. The minimum Gasteiger partial charge on any atom is -0.379 e. The number of carbonyl (C=O) groups excluding carboxylic acids is 1. The van der Waals surface area contributed by atoms with Crippen LogP contribution in [0.3, 0.4) is 0 Å². The number of aromatic nitrogens is 3. The van der Waals surface area contributed by atoms with Crippen LogP contribution in [0.25, 0.3) is 16.4 Å². The molecule has 4 rings (SSSR count). The Balaban J connectivity index is 1.51. The Labute approximate surface area is 194 Å². The number of nitrogens with one attached hydrogen (secondary N) is 1. The lowest BCUT2D eigenvalue weighted by Gasteiger charge is -2.07. The average molecular weight is 467 g/mol. The molecule has 0 aliphatic rings. The van der Waals surface area contributed by atoms with Crippen molar-refractivity contribution >= 4 is 22.9 Å². The van der Waals surface area contributed by atoms with Crippen LogP contribution in [-0.4, -0.2) is 40.5 Å². The minimum absolute atomic E-state index is 0.0149. The maximum Gasteiger partial charge on any atom is 0.295 e. The van der Waals surface area contributed by atoms with Crippen molar-refractivity contribution in [1.82, 2.24) is 14.8 Å². The Kier molecular flexibility index (Phi) is 7.56. The van der Waals surface area contributed by atoms with Crippen molar-refractivity contribution in [2.24, 2.45) is 0 Å². The average Bonchev–Trinajstić information content (AvgIpc) is 3.50. The number of carbonyl (C=O) groups is 1. The molecule has 0 spiro atoms. The summed E-state index contributed by atoms with van der Waals surface area (Å²) < 4.78 is 25.8. The van der Waals surface area contributed by atoms with E-state index < -0.39 is 5.91 Å². The third kappa shape index (κ3) is 5.89. The summed E-state index contributed by atoms with van der Waals surface area (Å²) in [4.78, 5) is 18.2. The Hall–Kier alpha value is -3.40. The summed E-state index contributed by atoms with van der Waals surface area (Å²) in [6, 6.07) is 17.1. The van der Waals surface area contributed by atoms with Crippen molar-refractivity contribution in [3.8, 4) is 16.4 Å². The van der Waals surface area contributed by atoms with Crippen molar-refractivity contribution in [3.63, 3.8) is 0 Å². The second-order valence-corrected chi connectivity index (χ2v) is 7.98. The molecule has 33 heavy (non-hydrogen) atoms. The van der Waals surface area contributed by atoms with E-state index in [4.69, 9.17) is 9.47 Å². The molecule has 0 radical (unpaired) electrons. The third-order valence-electron chi connectivity index (χ3n) is 4.65. The van der Waals surface area contributed by atoms with Gasteiger partial charge in [0.25, 0.3) is 5.91 Å². The van der Waals surface area contributed by atoms with Gasteiger partial charge in [0.2, 0.25) is 5.82 Å². The first-order chi connectivity index (χ1) is 16.1. The zero-order valence-corrected chi connectivity index (χ0v) is 18.8. The first-order valence-electron chi connectivity index (χ1n) is 10.5. The SMILES string of the molecule is CCOCCOCc1cccc(NC(=O)c2nc(-c3cccs3)n(-c3ccc(F)cc3)n2)c1. The van der Waals surface area contributed by atoms with Crippen LogP contribution >= 0.6 is 11.3 Å². The van der Waals surface area contributed by atoms with Gasteiger partial charge in [-0.25, -0.2) is 14.1 Å². The molecule has 0 aliphatic carbocycles. The highest BCUT2D eigenvalue weighted by molar-refractivity contribution is 7.13. The van der Waals surface area contributed by atoms with Crippen LogP contribution in [0.15, 0.2) is 66.0 Å². The standard InChI is InChI=1S/C24H23FN4O3S/c1-2-31-12-13-32-16-17-5-3-6-19(15-17)26-24(30)22-27-23(21-7-4-14-33-21)29(28-22)20-10-8-18(25)9-11-20/h3-11,14-15H,2,12-13,16H2,1H3,(H,26,30). The number of anilines is 1. The van der Waals surface area contributed by atoms with Crippen molar-refractivity contribution in [1.29, 1.82) is 0 Å². The molecule has 0 saturated carbocycles. The number of amides is 1. The Morgan fingerprint density at radius 1 is 1.09 bits per heavy atom. The minimum atomic E-state index is -0.442. The van der Waals surface area contributed by atoms with Gasteiger partial charge in [-0.2, -0.15) is 0 Å². The highest BCUT2D eigenvalue weighted by Gasteiger charge is 2.19. The van der Waals surface area contributed by atoms with Gasteiger partial charge in [-0.1, -0.05) is 18.2 Å². The van der Waals surface area contributed by atoms with Crippen LogP contribution in [0.4, 0.5) is 10.1 Å². The fraction of sp³-hybridized carbons (Fsp3) is 0.208. The van der Waals surface area contributed by atoms with Gasteiger partial charge in [-0.15, -0.1) is 16.4 Å². The first kappa shape index (κ1) is 22.8. The lowest BCUT2D eigenvalue weighted by atomic mass is 10.2. The molecule has 0 bridgehead atoms. The van der Waals surface area contributed by atoms with Crippen molar-refractivity contribution in [2.75, 3.05) is 25.1 Å². The van der Waals surface area contributed by atoms with Gasteiger partial charge in [0.05, 0.1) is 30.4 Å². The maximum atomic E-state index is 13.4. The van der Waals surface area contributed by atoms with Gasteiger partial charge in [0.1, 0.15) is 5.82 Å². The van der Waals surface area contributed by atoms with Crippen LogP contribution in [0.2, 0.25) is 0 Å². The molecular weight excluding hydrogens is 443 g/mol. The molecule has 2 aromatic heterocycles. The third-order valence-corrected chi connectivity index (χ3v) is 5.52. The van der Waals surface area contributed by atoms with Gasteiger partial charge in [0, 0.05) is 12.3 Å². The van der Waals surface area contributed by atoms with Gasteiger partial charge in [-0.05, 0) is 60.3 Å². The summed E-state index contributed by atoms with van der Waals surface area (Å²) in [7, 11) is 0. The Morgan fingerprint density at radius 2 is 1.91 bits per heavy atom. The second-order valence-electron chi connectivity index (χ2n) is 7.03. The molecule has 7 nitrogen and oxygen atoms in total. The zero-order valence-electron chi connectivity index (χ0n) is 18.0. The highest BCUT2D eigenvalue weighted by Crippen LogP contribution is 2.26. The normalized spacial score (nSPS) is 11.0. The molecule has 4 aromatic rings. The molecule has 0 aliphatic heterocycles. The summed E-state index contributed by atoms with van der Waals surface area (Å²) >= 11 is 1.48. The monoisotopic (exact) mass is 466 g/mol. The number of nitrogens with zero attached hydrogens (tertiary/aromatic N) is 3. The molecular formula is C24H23FN4O3S. The number of halogens is 1. The van der Waals surface area contributed by atoms with Crippen LogP contribution in [0.1, 0.15) is 23.1 Å². The molecule has 0 unspecified atom stereocenters. The summed E-state index contributed by atoms with van der Waals surface area (Å²) in [6.07, 6.45) is 0. The molecule has 170 valence electrons. The van der Waals surface area contributed by atoms with Gasteiger partial charge >= 0.3 is 0 Å². The molecule has 0 fully saturated rings. The predicted molar refractivity (Wildman–Crippen MR) is 125 cm³/mol. The second kappa shape index (κ2) is 11.0. The molecule has 1 N–H and O–H groups in total. The van der Waals surface area contributed by atoms with Gasteiger partial charge in [-0.3, -0.25) is 4.79 Å². The zero-order chi connectivity index (χ0) is 23.0. The van der Waals surface area contributed by atoms with E-state index in [0.717, 1.165) is 10.4 Å². The summed E-state index contributed by atoms with van der Waals surface area (Å²) in [5, 5.41) is 9.16. The van der Waals surface area contributed by atoms with E-state index in [-0.39, 0.29) is 11.6 Å². The number of ether oxygens (including phenoxy) is 2. The van der Waals surface area contributed by atoms with E-state index in [9.17, 15) is 9.18 Å². The van der Waals surface area contributed by atoms with Gasteiger partial charge in [0.15, 0.2) is 5.82 Å². The van der Waals surface area contributed by atoms with Gasteiger partial charge < -0.3 is 14.8 Å². The van der Waals surface area contributed by atoms with Crippen molar-refractivity contribution in [2.45, 2.75) is 13.5 Å². The Morgan fingerprint density at radius 3 is 2.67 bits per heavy atom. The van der Waals surface area contributed by atoms with Crippen LogP contribution in [-0.2, 0) is 16.1 Å². The number of thiophene rings is 1. The molecule has 2 aromatic carbocycles. The molecule has 9 heteroatoms. The molecule has 2 heterocycles. The fourth-order valence-electron chi connectivity index (χ4n) is 3.11. The lowest BCUT2D eigenvalue weighted by molar-refractivity contribution is 0.0453. The van der Waals surface area contributed by atoms with E-state index in [2.05, 4.69) is 15.4 Å².